The topological polar surface area (TPSA) is 130 Å². The molecule has 0 saturated heterocycles. The molecule has 0 aliphatic carbocycles. The second kappa shape index (κ2) is 15.2. The Kier molecular flexibility index (Phi) is 11.1. The van der Waals surface area contributed by atoms with Crippen LogP contribution in [-0.2, 0) is 9.59 Å². The van der Waals surface area contributed by atoms with Crippen molar-refractivity contribution >= 4 is 75.8 Å². The van der Waals surface area contributed by atoms with E-state index in [9.17, 15) is 24.5 Å². The smallest absolute Gasteiger partial charge is 0.272 e. The van der Waals surface area contributed by atoms with Gasteiger partial charge in [0.15, 0.2) is 0 Å². The third-order valence-corrected chi connectivity index (χ3v) is 8.09. The van der Waals surface area contributed by atoms with E-state index in [1.54, 1.807) is 60.7 Å². The van der Waals surface area contributed by atoms with Gasteiger partial charge in [0.05, 0.1) is 10.2 Å². The number of nitro benzene ring substituents is 1. The van der Waals surface area contributed by atoms with Gasteiger partial charge in [-0.15, -0.1) is 11.8 Å². The van der Waals surface area contributed by atoms with Crippen LogP contribution in [0.1, 0.15) is 29.3 Å². The summed E-state index contributed by atoms with van der Waals surface area (Å²) in [6, 6.07) is 25.8. The predicted octanol–water partition coefficient (Wildman–Crippen LogP) is 7.82. The van der Waals surface area contributed by atoms with Gasteiger partial charge in [-0.3, -0.25) is 24.5 Å². The highest BCUT2D eigenvalue weighted by Gasteiger charge is 2.20. The maximum Gasteiger partial charge on any atom is 0.272 e. The average Bonchev–Trinajstić information content (AvgIpc) is 3.01. The first kappa shape index (κ1) is 32.3. The van der Waals surface area contributed by atoms with Crippen LogP contribution in [0.2, 0.25) is 10.0 Å². The molecule has 0 spiro atoms. The van der Waals surface area contributed by atoms with E-state index in [-0.39, 0.29) is 17.3 Å². The molecule has 0 saturated carbocycles. The maximum absolute atomic E-state index is 13.5. The van der Waals surface area contributed by atoms with E-state index in [0.29, 0.717) is 43.9 Å². The molecule has 3 N–H and O–H groups in total. The van der Waals surface area contributed by atoms with Crippen molar-refractivity contribution in [1.82, 2.24) is 5.32 Å². The Labute approximate surface area is 267 Å². The molecule has 4 rings (SSSR count). The van der Waals surface area contributed by atoms with Crippen LogP contribution in [0.4, 0.5) is 17.1 Å². The minimum absolute atomic E-state index is 0.0463. The molecule has 3 amide bonds. The molecule has 0 bridgehead atoms. The van der Waals surface area contributed by atoms with E-state index in [1.807, 2.05) is 13.0 Å². The fourth-order valence-corrected chi connectivity index (χ4v) is 5.41. The summed E-state index contributed by atoms with van der Waals surface area (Å²) in [6.07, 6.45) is 1.96. The van der Waals surface area contributed by atoms with Gasteiger partial charge in [0, 0.05) is 44.0 Å². The summed E-state index contributed by atoms with van der Waals surface area (Å²) in [5.41, 5.74) is 1.60. The van der Waals surface area contributed by atoms with Crippen molar-refractivity contribution in [2.45, 2.75) is 23.5 Å². The lowest BCUT2D eigenvalue weighted by atomic mass is 10.1. The van der Waals surface area contributed by atoms with Gasteiger partial charge in [-0.1, -0.05) is 60.5 Å². The van der Waals surface area contributed by atoms with E-state index >= 15 is 0 Å². The quantitative estimate of drug-likeness (QED) is 0.0658. The molecule has 0 heterocycles. The number of carbonyl (C=O) groups is 3. The lowest BCUT2D eigenvalue weighted by molar-refractivity contribution is -0.384. The minimum Gasteiger partial charge on any atom is -0.325 e. The normalized spacial score (nSPS) is 11.8. The second-order valence-electron chi connectivity index (χ2n) is 9.33. The van der Waals surface area contributed by atoms with E-state index in [1.165, 1.54) is 48.2 Å². The number of non-ortho nitro benzene ring substituents is 1. The van der Waals surface area contributed by atoms with Crippen molar-refractivity contribution in [3.05, 3.63) is 134 Å². The molecular formula is C32H26Cl2N4O5S. The number of benzene rings is 4. The Balaban J connectivity index is 1.50. The standard InChI is InChI=1S/C32H26Cl2N4O5S/c1-2-29(32(41)35-23-13-15-25(16-14-23)38(42)43)44-26-10-6-9-24(19-26)36-31(40)28(17-21-11-12-22(33)18-27(21)34)37-30(39)20-7-4-3-5-8-20/h3-19,29H,2H2,1H3,(H,35,41)(H,36,40)(H,37,39)/b28-17+. The number of halogens is 2. The lowest BCUT2D eigenvalue weighted by Crippen LogP contribution is -2.30. The number of nitro groups is 1. The lowest BCUT2D eigenvalue weighted by Gasteiger charge is -2.16. The summed E-state index contributed by atoms with van der Waals surface area (Å²) in [7, 11) is 0. The van der Waals surface area contributed by atoms with Crippen molar-refractivity contribution < 1.29 is 19.3 Å². The Morgan fingerprint density at radius 2 is 1.61 bits per heavy atom. The van der Waals surface area contributed by atoms with Gasteiger partial charge in [-0.25, -0.2) is 0 Å². The second-order valence-corrected chi connectivity index (χ2v) is 11.5. The number of amides is 3. The van der Waals surface area contributed by atoms with Crippen molar-refractivity contribution in [2.75, 3.05) is 10.6 Å². The Bertz CT molecular complexity index is 1720. The van der Waals surface area contributed by atoms with E-state index in [4.69, 9.17) is 23.2 Å². The van der Waals surface area contributed by atoms with Crippen molar-refractivity contribution in [1.29, 1.82) is 0 Å². The fraction of sp³-hybridized carbons (Fsp3) is 0.0938. The van der Waals surface area contributed by atoms with Gasteiger partial charge in [0.25, 0.3) is 17.5 Å². The number of hydrogen-bond acceptors (Lipinski definition) is 6. The number of nitrogens with one attached hydrogen (secondary N) is 3. The molecule has 9 nitrogen and oxygen atoms in total. The zero-order valence-electron chi connectivity index (χ0n) is 23.3. The molecule has 4 aromatic carbocycles. The first-order chi connectivity index (χ1) is 21.1. The van der Waals surface area contributed by atoms with Crippen molar-refractivity contribution in [2.24, 2.45) is 0 Å². The average molecular weight is 650 g/mol. The highest BCUT2D eigenvalue weighted by molar-refractivity contribution is 8.00. The van der Waals surface area contributed by atoms with Crippen LogP contribution in [0.15, 0.2) is 108 Å². The first-order valence-corrected chi connectivity index (χ1v) is 14.9. The van der Waals surface area contributed by atoms with Crippen LogP contribution in [0, 0.1) is 10.1 Å². The molecular weight excluding hydrogens is 623 g/mol. The van der Waals surface area contributed by atoms with Crippen LogP contribution >= 0.6 is 35.0 Å². The van der Waals surface area contributed by atoms with Gasteiger partial charge in [0.2, 0.25) is 5.91 Å². The SMILES string of the molecule is CCC(Sc1cccc(NC(=O)/C(=C\c2ccc(Cl)cc2Cl)NC(=O)c2ccccc2)c1)C(=O)Nc1ccc([N+](=O)[O-])cc1. The first-order valence-electron chi connectivity index (χ1n) is 13.3. The summed E-state index contributed by atoms with van der Waals surface area (Å²) < 4.78 is 0. The summed E-state index contributed by atoms with van der Waals surface area (Å²) in [4.78, 5) is 50.4. The van der Waals surface area contributed by atoms with Crippen LogP contribution in [-0.4, -0.2) is 27.9 Å². The number of nitrogens with zero attached hydrogens (tertiary/aromatic N) is 1. The summed E-state index contributed by atoms with van der Waals surface area (Å²) in [5, 5.41) is 19.4. The molecule has 4 aromatic rings. The highest BCUT2D eigenvalue weighted by atomic mass is 35.5. The Morgan fingerprint density at radius 1 is 0.886 bits per heavy atom. The van der Waals surface area contributed by atoms with E-state index in [2.05, 4.69) is 16.0 Å². The highest BCUT2D eigenvalue weighted by Crippen LogP contribution is 2.29. The van der Waals surface area contributed by atoms with Gasteiger partial charge < -0.3 is 16.0 Å². The summed E-state index contributed by atoms with van der Waals surface area (Å²) >= 11 is 13.7. The van der Waals surface area contributed by atoms with Crippen LogP contribution in [0.25, 0.3) is 6.08 Å². The third kappa shape index (κ3) is 8.93. The molecule has 1 unspecified atom stereocenters. The number of thioether (sulfide) groups is 1. The molecule has 12 heteroatoms. The molecule has 1 atom stereocenters. The summed E-state index contributed by atoms with van der Waals surface area (Å²) in [6.45, 7) is 1.87. The van der Waals surface area contributed by atoms with Crippen LogP contribution in [0.3, 0.4) is 0 Å². The minimum atomic E-state index is -0.592. The van der Waals surface area contributed by atoms with Crippen molar-refractivity contribution in [3.63, 3.8) is 0 Å². The van der Waals surface area contributed by atoms with E-state index in [0.717, 1.165) is 0 Å². The van der Waals surface area contributed by atoms with Gasteiger partial charge >= 0.3 is 0 Å². The maximum atomic E-state index is 13.5. The molecule has 44 heavy (non-hydrogen) atoms. The molecule has 0 fully saturated rings. The number of rotatable bonds is 11. The van der Waals surface area contributed by atoms with Gasteiger partial charge in [0.1, 0.15) is 5.70 Å². The zero-order valence-corrected chi connectivity index (χ0v) is 25.6. The van der Waals surface area contributed by atoms with E-state index < -0.39 is 22.0 Å². The fourth-order valence-electron chi connectivity index (χ4n) is 3.94. The van der Waals surface area contributed by atoms with Gasteiger partial charge in [-0.2, -0.15) is 0 Å². The van der Waals surface area contributed by atoms with Crippen LogP contribution < -0.4 is 16.0 Å². The monoisotopic (exact) mass is 648 g/mol. The predicted molar refractivity (Wildman–Crippen MR) is 175 cm³/mol. The molecule has 0 aromatic heterocycles. The zero-order chi connectivity index (χ0) is 31.6. The number of carbonyl (C=O) groups excluding carboxylic acids is 3. The Morgan fingerprint density at radius 3 is 2.27 bits per heavy atom. The van der Waals surface area contributed by atoms with Gasteiger partial charge in [-0.05, 0) is 72.7 Å². The molecule has 224 valence electrons. The molecule has 0 aliphatic rings. The number of hydrogen-bond donors (Lipinski definition) is 3. The van der Waals surface area contributed by atoms with Crippen molar-refractivity contribution in [3.8, 4) is 0 Å². The van der Waals surface area contributed by atoms with Crippen LogP contribution in [0.5, 0.6) is 0 Å². The molecule has 0 radical (unpaired) electrons. The third-order valence-electron chi connectivity index (χ3n) is 6.17. The Hall–Kier alpha value is -4.64. The largest absolute Gasteiger partial charge is 0.325 e. The molecule has 0 aliphatic heterocycles. The number of anilines is 2. The summed E-state index contributed by atoms with van der Waals surface area (Å²) in [5.74, 6) is -1.34.